The predicted molar refractivity (Wildman–Crippen MR) is 126 cm³/mol. The molecule has 2 amide bonds. The molecule has 0 aromatic heterocycles. The highest BCUT2D eigenvalue weighted by Gasteiger charge is 2.35. The van der Waals surface area contributed by atoms with Crippen LogP contribution in [0.2, 0.25) is 0 Å². The van der Waals surface area contributed by atoms with Crippen LogP contribution in [-0.4, -0.2) is 50.8 Å². The number of ether oxygens (including phenoxy) is 2. The number of carbonyl (C=O) groups excluding carboxylic acids is 2. The summed E-state index contributed by atoms with van der Waals surface area (Å²) in [6, 6.07) is 10.5. The molecule has 2 atom stereocenters. The highest BCUT2D eigenvalue weighted by molar-refractivity contribution is 7.89. The van der Waals surface area contributed by atoms with Crippen molar-refractivity contribution in [3.63, 3.8) is 0 Å². The lowest BCUT2D eigenvalue weighted by atomic mass is 9.99. The molecule has 1 saturated heterocycles. The zero-order valence-electron chi connectivity index (χ0n) is 19.5. The number of rotatable bonds is 6. The van der Waals surface area contributed by atoms with Crippen LogP contribution in [-0.2, 0) is 26.2 Å². The number of benzene rings is 2. The first-order valence-electron chi connectivity index (χ1n) is 11.2. The second-order valence-corrected chi connectivity index (χ2v) is 10.5. The Morgan fingerprint density at radius 1 is 1.26 bits per heavy atom. The molecule has 0 unspecified atom stereocenters. The molecule has 34 heavy (non-hydrogen) atoms. The molecule has 0 saturated carbocycles. The van der Waals surface area contributed by atoms with Gasteiger partial charge in [-0.25, -0.2) is 8.42 Å². The number of aryl methyl sites for hydroxylation is 1. The van der Waals surface area contributed by atoms with E-state index >= 15 is 0 Å². The maximum absolute atomic E-state index is 13.5. The third-order valence-electron chi connectivity index (χ3n) is 6.21. The molecule has 0 radical (unpaired) electrons. The van der Waals surface area contributed by atoms with Gasteiger partial charge in [0.05, 0.1) is 23.6 Å². The first kappa shape index (κ1) is 24.0. The van der Waals surface area contributed by atoms with Gasteiger partial charge in [-0.2, -0.15) is 4.31 Å². The van der Waals surface area contributed by atoms with E-state index in [1.165, 1.54) is 10.4 Å². The summed E-state index contributed by atoms with van der Waals surface area (Å²) in [5.74, 6) is 0.181. The van der Waals surface area contributed by atoms with E-state index in [0.29, 0.717) is 42.9 Å². The van der Waals surface area contributed by atoms with Crippen LogP contribution in [0.5, 0.6) is 11.5 Å². The van der Waals surface area contributed by atoms with Gasteiger partial charge in [0.25, 0.3) is 5.91 Å². The van der Waals surface area contributed by atoms with E-state index in [1.807, 2.05) is 24.3 Å². The van der Waals surface area contributed by atoms with Crippen molar-refractivity contribution in [2.24, 2.45) is 5.92 Å². The Morgan fingerprint density at radius 3 is 2.71 bits per heavy atom. The third-order valence-corrected chi connectivity index (χ3v) is 8.21. The van der Waals surface area contributed by atoms with Crippen LogP contribution in [0.4, 0.5) is 5.69 Å². The summed E-state index contributed by atoms with van der Waals surface area (Å²) in [7, 11) is -2.26. The lowest BCUT2D eigenvalue weighted by molar-refractivity contribution is -0.126. The fraction of sp³-hybridized carbons (Fsp3) is 0.417. The van der Waals surface area contributed by atoms with E-state index in [-0.39, 0.29) is 23.3 Å². The zero-order chi connectivity index (χ0) is 24.5. The first-order chi connectivity index (χ1) is 16.2. The van der Waals surface area contributed by atoms with Gasteiger partial charge in [-0.05, 0) is 56.0 Å². The number of methoxy groups -OCH3 is 1. The van der Waals surface area contributed by atoms with Crippen molar-refractivity contribution in [2.45, 2.75) is 44.2 Å². The number of hydrogen-bond acceptors (Lipinski definition) is 6. The Morgan fingerprint density at radius 2 is 2.00 bits per heavy atom. The maximum atomic E-state index is 13.5. The van der Waals surface area contributed by atoms with Gasteiger partial charge in [-0.3, -0.25) is 9.59 Å². The van der Waals surface area contributed by atoms with Crippen LogP contribution in [0.15, 0.2) is 41.3 Å². The van der Waals surface area contributed by atoms with Gasteiger partial charge in [0, 0.05) is 25.7 Å². The highest BCUT2D eigenvalue weighted by atomic mass is 32.2. The highest BCUT2D eigenvalue weighted by Crippen LogP contribution is 2.36. The van der Waals surface area contributed by atoms with Gasteiger partial charge in [0.1, 0.15) is 11.5 Å². The largest absolute Gasteiger partial charge is 0.497 e. The second-order valence-electron chi connectivity index (χ2n) is 8.63. The van der Waals surface area contributed by atoms with Crippen molar-refractivity contribution in [1.82, 2.24) is 9.62 Å². The standard InChI is InChI=1S/C24H29N3O6S/c1-15-11-20-21(33-16(2)23(28)26-20)12-22(15)34(30,31)27-10-4-5-18(14-27)24(29)25-13-17-6-8-19(32-3)9-7-17/h6-9,11-12,16,18H,4-5,10,13-14H2,1-3H3,(H,25,29)(H,26,28)/t16-,18+/m1/s1. The van der Waals surface area contributed by atoms with Gasteiger partial charge in [-0.1, -0.05) is 12.1 Å². The number of amides is 2. The lowest BCUT2D eigenvalue weighted by Gasteiger charge is -2.32. The lowest BCUT2D eigenvalue weighted by Crippen LogP contribution is -2.45. The van der Waals surface area contributed by atoms with Crippen LogP contribution in [0.3, 0.4) is 0 Å². The number of anilines is 1. The quantitative estimate of drug-likeness (QED) is 0.647. The Balaban J connectivity index is 1.46. The summed E-state index contributed by atoms with van der Waals surface area (Å²) >= 11 is 0. The average Bonchev–Trinajstić information content (AvgIpc) is 2.83. The Hall–Kier alpha value is -3.11. The third kappa shape index (κ3) is 4.88. The minimum Gasteiger partial charge on any atom is -0.497 e. The van der Waals surface area contributed by atoms with Crippen LogP contribution in [0, 0.1) is 12.8 Å². The van der Waals surface area contributed by atoms with Gasteiger partial charge >= 0.3 is 0 Å². The molecule has 2 aliphatic rings. The molecular formula is C24H29N3O6S. The molecule has 0 spiro atoms. The number of nitrogens with zero attached hydrogens (tertiary/aromatic N) is 1. The minimum atomic E-state index is -3.85. The summed E-state index contributed by atoms with van der Waals surface area (Å²) in [4.78, 5) is 24.8. The van der Waals surface area contributed by atoms with Gasteiger partial charge < -0.3 is 20.1 Å². The normalized spacial score (nSPS) is 20.6. The summed E-state index contributed by atoms with van der Waals surface area (Å²) in [6.07, 6.45) is 0.503. The van der Waals surface area contributed by atoms with Crippen molar-refractivity contribution in [1.29, 1.82) is 0 Å². The molecule has 9 nitrogen and oxygen atoms in total. The summed E-state index contributed by atoms with van der Waals surface area (Å²) in [5.41, 5.74) is 1.89. The molecule has 2 aliphatic heterocycles. The molecular weight excluding hydrogens is 458 g/mol. The summed E-state index contributed by atoms with van der Waals surface area (Å²) in [6.45, 7) is 4.10. The summed E-state index contributed by atoms with van der Waals surface area (Å²) in [5, 5.41) is 5.65. The minimum absolute atomic E-state index is 0.112. The molecule has 2 aromatic rings. The Kier molecular flexibility index (Phi) is 6.81. The van der Waals surface area contributed by atoms with Crippen molar-refractivity contribution in [2.75, 3.05) is 25.5 Å². The number of hydrogen-bond donors (Lipinski definition) is 2. The SMILES string of the molecule is COc1ccc(CNC(=O)[C@H]2CCCN(S(=O)(=O)c3cc4c(cc3C)NC(=O)[C@@H](C)O4)C2)cc1. The number of piperidine rings is 1. The molecule has 0 aliphatic carbocycles. The van der Waals surface area contributed by atoms with Crippen molar-refractivity contribution in [3.05, 3.63) is 47.5 Å². The molecule has 2 aromatic carbocycles. The zero-order valence-corrected chi connectivity index (χ0v) is 20.3. The molecule has 2 heterocycles. The van der Waals surface area contributed by atoms with E-state index in [2.05, 4.69) is 10.6 Å². The van der Waals surface area contributed by atoms with Crippen LogP contribution in [0.25, 0.3) is 0 Å². The van der Waals surface area contributed by atoms with Crippen molar-refractivity contribution in [3.8, 4) is 11.5 Å². The van der Waals surface area contributed by atoms with E-state index in [0.717, 1.165) is 11.3 Å². The maximum Gasteiger partial charge on any atom is 0.265 e. The number of carbonyl (C=O) groups is 2. The second kappa shape index (κ2) is 9.63. The number of nitrogens with one attached hydrogen (secondary N) is 2. The monoisotopic (exact) mass is 487 g/mol. The Bertz CT molecular complexity index is 1200. The predicted octanol–water partition coefficient (Wildman–Crippen LogP) is 2.44. The van der Waals surface area contributed by atoms with Crippen molar-refractivity contribution < 1.29 is 27.5 Å². The van der Waals surface area contributed by atoms with E-state index < -0.39 is 22.0 Å². The van der Waals surface area contributed by atoms with Crippen LogP contribution in [0.1, 0.15) is 30.9 Å². The van der Waals surface area contributed by atoms with Gasteiger partial charge in [-0.15, -0.1) is 0 Å². The van der Waals surface area contributed by atoms with Crippen LogP contribution < -0.4 is 20.1 Å². The molecule has 2 N–H and O–H groups in total. The summed E-state index contributed by atoms with van der Waals surface area (Å²) < 4.78 is 39.1. The molecule has 4 rings (SSSR count). The topological polar surface area (TPSA) is 114 Å². The molecule has 1 fully saturated rings. The van der Waals surface area contributed by atoms with E-state index in [9.17, 15) is 18.0 Å². The first-order valence-corrected chi connectivity index (χ1v) is 12.7. The van der Waals surface area contributed by atoms with Gasteiger partial charge in [0.2, 0.25) is 15.9 Å². The molecule has 182 valence electrons. The van der Waals surface area contributed by atoms with Crippen molar-refractivity contribution >= 4 is 27.5 Å². The Labute approximate surface area is 199 Å². The van der Waals surface area contributed by atoms with Gasteiger partial charge in [0.15, 0.2) is 6.10 Å². The molecule has 0 bridgehead atoms. The fourth-order valence-electron chi connectivity index (χ4n) is 4.21. The molecule has 10 heteroatoms. The number of sulfonamides is 1. The average molecular weight is 488 g/mol. The van der Waals surface area contributed by atoms with E-state index in [1.54, 1.807) is 27.0 Å². The van der Waals surface area contributed by atoms with E-state index in [4.69, 9.17) is 9.47 Å². The van der Waals surface area contributed by atoms with Crippen LogP contribution >= 0.6 is 0 Å². The smallest absolute Gasteiger partial charge is 0.265 e. The number of fused-ring (bicyclic) bond motifs is 1. The fourth-order valence-corrected chi connectivity index (χ4v) is 5.96.